The summed E-state index contributed by atoms with van der Waals surface area (Å²) < 4.78 is 16.2. The van der Waals surface area contributed by atoms with Crippen molar-refractivity contribution in [1.82, 2.24) is 15.1 Å². The standard InChI is InChI=1S/C22H22N4O4/c1-6-26(15-7-8-19(28-5)23-11-15)22(27)17-10-18(16-9-12(2)29-14(16)4)24-21-20(17)13(3)25-30-21/h7-11H,6H2,1-5H3. The number of hydrogen-bond donors (Lipinski definition) is 0. The Morgan fingerprint density at radius 1 is 1.20 bits per heavy atom. The molecular weight excluding hydrogens is 384 g/mol. The Kier molecular flexibility index (Phi) is 4.99. The van der Waals surface area contributed by atoms with Crippen molar-refractivity contribution >= 4 is 22.7 Å². The molecule has 4 rings (SSSR count). The minimum Gasteiger partial charge on any atom is -0.481 e. The second kappa shape index (κ2) is 7.62. The summed E-state index contributed by atoms with van der Waals surface area (Å²) in [4.78, 5) is 24.1. The number of furan rings is 1. The number of aromatic nitrogens is 3. The zero-order chi connectivity index (χ0) is 21.4. The molecule has 0 fully saturated rings. The van der Waals surface area contributed by atoms with Crippen molar-refractivity contribution in [2.45, 2.75) is 27.7 Å². The highest BCUT2D eigenvalue weighted by molar-refractivity contribution is 6.14. The van der Waals surface area contributed by atoms with Crippen molar-refractivity contribution in [2.75, 3.05) is 18.6 Å². The van der Waals surface area contributed by atoms with Crippen molar-refractivity contribution in [3.05, 3.63) is 53.2 Å². The number of carbonyl (C=O) groups is 1. The van der Waals surface area contributed by atoms with Gasteiger partial charge in [-0.25, -0.2) is 9.97 Å². The van der Waals surface area contributed by atoms with Crippen LogP contribution in [0.15, 0.2) is 39.4 Å². The van der Waals surface area contributed by atoms with Gasteiger partial charge in [-0.15, -0.1) is 0 Å². The maximum absolute atomic E-state index is 13.6. The lowest BCUT2D eigenvalue weighted by Crippen LogP contribution is -2.31. The molecule has 0 radical (unpaired) electrons. The molecule has 0 N–H and O–H groups in total. The zero-order valence-corrected chi connectivity index (χ0v) is 17.5. The Morgan fingerprint density at radius 3 is 2.60 bits per heavy atom. The van der Waals surface area contributed by atoms with Gasteiger partial charge in [0.05, 0.1) is 41.3 Å². The average molecular weight is 406 g/mol. The van der Waals surface area contributed by atoms with Gasteiger partial charge in [-0.3, -0.25) is 4.79 Å². The summed E-state index contributed by atoms with van der Waals surface area (Å²) in [5.74, 6) is 1.78. The molecule has 4 aromatic rings. The van der Waals surface area contributed by atoms with E-state index in [-0.39, 0.29) is 5.91 Å². The fraction of sp³-hybridized carbons (Fsp3) is 0.273. The summed E-state index contributed by atoms with van der Waals surface area (Å²) >= 11 is 0. The molecule has 4 aromatic heterocycles. The van der Waals surface area contributed by atoms with Crippen LogP contribution in [0.25, 0.3) is 22.4 Å². The number of hydrogen-bond acceptors (Lipinski definition) is 7. The molecule has 154 valence electrons. The lowest BCUT2D eigenvalue weighted by atomic mass is 10.0. The van der Waals surface area contributed by atoms with Crippen LogP contribution in [0, 0.1) is 20.8 Å². The van der Waals surface area contributed by atoms with E-state index >= 15 is 0 Å². The Hall–Kier alpha value is -3.68. The number of nitrogens with zero attached hydrogens (tertiary/aromatic N) is 4. The minimum absolute atomic E-state index is 0.192. The van der Waals surface area contributed by atoms with Gasteiger partial charge >= 0.3 is 0 Å². The van der Waals surface area contributed by atoms with Crippen molar-refractivity contribution in [3.8, 4) is 17.1 Å². The molecule has 8 heteroatoms. The molecule has 8 nitrogen and oxygen atoms in total. The molecule has 0 bridgehead atoms. The number of carbonyl (C=O) groups excluding carboxylic acids is 1. The van der Waals surface area contributed by atoms with Crippen LogP contribution in [-0.2, 0) is 0 Å². The van der Waals surface area contributed by atoms with Crippen LogP contribution in [0.4, 0.5) is 5.69 Å². The van der Waals surface area contributed by atoms with E-state index < -0.39 is 0 Å². The summed E-state index contributed by atoms with van der Waals surface area (Å²) in [5, 5.41) is 4.62. The van der Waals surface area contributed by atoms with Crippen LogP contribution in [0.5, 0.6) is 5.88 Å². The van der Waals surface area contributed by atoms with Gasteiger partial charge in [-0.1, -0.05) is 5.16 Å². The van der Waals surface area contributed by atoms with Crippen LogP contribution < -0.4 is 9.64 Å². The first-order valence-corrected chi connectivity index (χ1v) is 9.59. The van der Waals surface area contributed by atoms with E-state index in [1.807, 2.05) is 26.8 Å². The van der Waals surface area contributed by atoms with E-state index in [9.17, 15) is 4.79 Å². The molecule has 0 atom stereocenters. The SMILES string of the molecule is CCN(C(=O)c1cc(-c2cc(C)oc2C)nc2onc(C)c12)c1ccc(OC)nc1. The number of fused-ring (bicyclic) bond motifs is 1. The fourth-order valence-corrected chi connectivity index (χ4v) is 3.53. The smallest absolute Gasteiger partial charge is 0.259 e. The van der Waals surface area contributed by atoms with Gasteiger partial charge < -0.3 is 18.6 Å². The Balaban J connectivity index is 1.86. The average Bonchev–Trinajstić information content (AvgIpc) is 3.29. The molecule has 1 amide bonds. The Morgan fingerprint density at radius 2 is 2.00 bits per heavy atom. The van der Waals surface area contributed by atoms with Crippen LogP contribution in [0.1, 0.15) is 34.5 Å². The second-order valence-corrected chi connectivity index (χ2v) is 6.94. The largest absolute Gasteiger partial charge is 0.481 e. The molecule has 0 aliphatic rings. The highest BCUT2D eigenvalue weighted by Gasteiger charge is 2.25. The molecule has 0 saturated carbocycles. The first-order valence-electron chi connectivity index (χ1n) is 9.59. The van der Waals surface area contributed by atoms with Gasteiger partial charge in [0, 0.05) is 18.2 Å². The number of rotatable bonds is 5. The van der Waals surface area contributed by atoms with Crippen molar-refractivity contribution in [1.29, 1.82) is 0 Å². The first kappa shape index (κ1) is 19.6. The quantitative estimate of drug-likeness (QED) is 0.482. The number of methoxy groups -OCH3 is 1. The molecule has 0 aliphatic heterocycles. The molecule has 0 spiro atoms. The summed E-state index contributed by atoms with van der Waals surface area (Å²) in [7, 11) is 1.55. The Bertz CT molecular complexity index is 1220. The monoisotopic (exact) mass is 406 g/mol. The van der Waals surface area contributed by atoms with Gasteiger partial charge in [0.25, 0.3) is 11.6 Å². The summed E-state index contributed by atoms with van der Waals surface area (Å²) in [6.45, 7) is 7.89. The summed E-state index contributed by atoms with van der Waals surface area (Å²) in [6.07, 6.45) is 1.61. The van der Waals surface area contributed by atoms with E-state index in [1.165, 1.54) is 0 Å². The molecule has 30 heavy (non-hydrogen) atoms. The zero-order valence-electron chi connectivity index (χ0n) is 17.5. The van der Waals surface area contributed by atoms with Crippen LogP contribution in [0.3, 0.4) is 0 Å². The van der Waals surface area contributed by atoms with Gasteiger partial charge in [-0.05, 0) is 45.9 Å². The number of ether oxygens (including phenoxy) is 1. The third-order valence-corrected chi connectivity index (χ3v) is 4.97. The molecular formula is C22H22N4O4. The third kappa shape index (κ3) is 3.30. The van der Waals surface area contributed by atoms with Crippen molar-refractivity contribution in [2.24, 2.45) is 0 Å². The maximum atomic E-state index is 13.6. The van der Waals surface area contributed by atoms with Crippen LogP contribution in [0.2, 0.25) is 0 Å². The molecule has 0 saturated heterocycles. The number of pyridine rings is 2. The molecule has 0 aliphatic carbocycles. The Labute approximate surface area is 173 Å². The molecule has 0 aromatic carbocycles. The van der Waals surface area contributed by atoms with Crippen LogP contribution >= 0.6 is 0 Å². The maximum Gasteiger partial charge on any atom is 0.259 e. The summed E-state index contributed by atoms with van der Waals surface area (Å²) in [6, 6.07) is 7.19. The first-order chi connectivity index (χ1) is 14.4. The minimum atomic E-state index is -0.192. The van der Waals surface area contributed by atoms with E-state index in [1.54, 1.807) is 43.3 Å². The molecule has 4 heterocycles. The van der Waals surface area contributed by atoms with E-state index in [4.69, 9.17) is 13.7 Å². The lowest BCUT2D eigenvalue weighted by Gasteiger charge is -2.21. The van der Waals surface area contributed by atoms with Crippen LogP contribution in [-0.4, -0.2) is 34.7 Å². The fourth-order valence-electron chi connectivity index (χ4n) is 3.53. The van der Waals surface area contributed by atoms with Gasteiger partial charge in [0.1, 0.15) is 11.5 Å². The predicted molar refractivity (Wildman–Crippen MR) is 112 cm³/mol. The third-order valence-electron chi connectivity index (χ3n) is 4.97. The van der Waals surface area contributed by atoms with E-state index in [2.05, 4.69) is 15.1 Å². The lowest BCUT2D eigenvalue weighted by molar-refractivity contribution is 0.0989. The highest BCUT2D eigenvalue weighted by Crippen LogP contribution is 2.31. The summed E-state index contributed by atoms with van der Waals surface area (Å²) in [5.41, 5.74) is 3.46. The van der Waals surface area contributed by atoms with E-state index in [0.717, 1.165) is 17.1 Å². The second-order valence-electron chi connectivity index (χ2n) is 6.94. The van der Waals surface area contributed by atoms with E-state index in [0.29, 0.717) is 46.2 Å². The number of anilines is 1. The van der Waals surface area contributed by atoms with Crippen molar-refractivity contribution in [3.63, 3.8) is 0 Å². The predicted octanol–water partition coefficient (Wildman–Crippen LogP) is 4.48. The molecule has 0 unspecified atom stereocenters. The van der Waals surface area contributed by atoms with Gasteiger partial charge in [0.2, 0.25) is 5.88 Å². The topological polar surface area (TPSA) is 94.5 Å². The van der Waals surface area contributed by atoms with Gasteiger partial charge in [0.15, 0.2) is 0 Å². The number of aryl methyl sites for hydroxylation is 3. The van der Waals surface area contributed by atoms with Crippen molar-refractivity contribution < 1.29 is 18.5 Å². The highest BCUT2D eigenvalue weighted by atomic mass is 16.5. The van der Waals surface area contributed by atoms with Gasteiger partial charge in [-0.2, -0.15) is 0 Å². The normalized spacial score (nSPS) is 11.1. The number of amides is 1.